The van der Waals surface area contributed by atoms with Crippen molar-refractivity contribution < 1.29 is 13.2 Å². The molecule has 0 saturated carbocycles. The Morgan fingerprint density at radius 3 is 2.62 bits per heavy atom. The SMILES string of the molecule is Cc1ccc(Cl)cc1NC(=O)Cn1cccc(S(=O)(=O)N2CCC(C)CC2)c1=O. The van der Waals surface area contributed by atoms with Crippen LogP contribution in [0.3, 0.4) is 0 Å². The van der Waals surface area contributed by atoms with Gasteiger partial charge in [-0.05, 0) is 55.5 Å². The number of nitrogens with zero attached hydrogens (tertiary/aromatic N) is 2. The summed E-state index contributed by atoms with van der Waals surface area (Å²) in [5, 5.41) is 3.19. The lowest BCUT2D eigenvalue weighted by Crippen LogP contribution is -2.41. The number of aromatic nitrogens is 1. The third-order valence-corrected chi connectivity index (χ3v) is 7.28. The molecule has 0 unspecified atom stereocenters. The largest absolute Gasteiger partial charge is 0.324 e. The normalized spacial score (nSPS) is 16.0. The van der Waals surface area contributed by atoms with Crippen molar-refractivity contribution >= 4 is 33.2 Å². The minimum atomic E-state index is -3.89. The summed E-state index contributed by atoms with van der Waals surface area (Å²) in [7, 11) is -3.89. The number of pyridine rings is 1. The summed E-state index contributed by atoms with van der Waals surface area (Å²) >= 11 is 5.96. The number of carbonyl (C=O) groups is 1. The Hall–Kier alpha value is -2.16. The van der Waals surface area contributed by atoms with E-state index in [2.05, 4.69) is 12.2 Å². The van der Waals surface area contributed by atoms with E-state index < -0.39 is 21.5 Å². The van der Waals surface area contributed by atoms with Gasteiger partial charge < -0.3 is 9.88 Å². The molecule has 2 aromatic rings. The van der Waals surface area contributed by atoms with Crippen molar-refractivity contribution in [3.63, 3.8) is 0 Å². The fourth-order valence-electron chi connectivity index (χ4n) is 3.27. The van der Waals surface area contributed by atoms with Gasteiger partial charge in [-0.2, -0.15) is 4.31 Å². The summed E-state index contributed by atoms with van der Waals surface area (Å²) in [6, 6.07) is 7.88. The highest BCUT2D eigenvalue weighted by atomic mass is 35.5. The van der Waals surface area contributed by atoms with Crippen LogP contribution in [0, 0.1) is 12.8 Å². The van der Waals surface area contributed by atoms with Gasteiger partial charge in [-0.15, -0.1) is 0 Å². The van der Waals surface area contributed by atoms with Crippen molar-refractivity contribution in [2.24, 2.45) is 5.92 Å². The molecule has 1 aliphatic rings. The third kappa shape index (κ3) is 4.88. The highest BCUT2D eigenvalue weighted by Gasteiger charge is 2.30. The van der Waals surface area contributed by atoms with Crippen LogP contribution in [0.1, 0.15) is 25.3 Å². The molecule has 1 aliphatic heterocycles. The molecule has 1 aromatic heterocycles. The lowest BCUT2D eigenvalue weighted by Gasteiger charge is -2.29. The van der Waals surface area contributed by atoms with Crippen molar-refractivity contribution in [3.8, 4) is 0 Å². The van der Waals surface area contributed by atoms with Crippen LogP contribution in [0.5, 0.6) is 0 Å². The Balaban J connectivity index is 1.81. The van der Waals surface area contributed by atoms with E-state index >= 15 is 0 Å². The molecular weight excluding hydrogens is 414 g/mol. The molecule has 1 N–H and O–H groups in total. The molecule has 0 aliphatic carbocycles. The second kappa shape index (κ2) is 8.69. The smallest absolute Gasteiger partial charge is 0.271 e. The first kappa shape index (κ1) is 21.5. The highest BCUT2D eigenvalue weighted by Crippen LogP contribution is 2.22. The van der Waals surface area contributed by atoms with Gasteiger partial charge in [0.2, 0.25) is 15.9 Å². The molecule has 1 amide bonds. The Bertz CT molecular complexity index is 1070. The lowest BCUT2D eigenvalue weighted by molar-refractivity contribution is -0.116. The van der Waals surface area contributed by atoms with Crippen molar-refractivity contribution in [3.05, 3.63) is 57.5 Å². The Morgan fingerprint density at radius 2 is 1.93 bits per heavy atom. The topological polar surface area (TPSA) is 88.5 Å². The zero-order valence-electron chi connectivity index (χ0n) is 16.4. The number of anilines is 1. The maximum Gasteiger partial charge on any atom is 0.271 e. The quantitative estimate of drug-likeness (QED) is 0.778. The third-order valence-electron chi connectivity index (χ3n) is 5.13. The number of aryl methyl sites for hydroxylation is 1. The minimum absolute atomic E-state index is 0.300. The number of rotatable bonds is 5. The second-order valence-corrected chi connectivity index (χ2v) is 9.74. The number of sulfonamides is 1. The fourth-order valence-corrected chi connectivity index (χ4v) is 5.00. The summed E-state index contributed by atoms with van der Waals surface area (Å²) < 4.78 is 28.3. The zero-order chi connectivity index (χ0) is 21.2. The van der Waals surface area contributed by atoms with Gasteiger partial charge in [0.15, 0.2) is 0 Å². The van der Waals surface area contributed by atoms with E-state index in [-0.39, 0.29) is 11.4 Å². The molecule has 2 heterocycles. The minimum Gasteiger partial charge on any atom is -0.324 e. The number of hydrogen-bond donors (Lipinski definition) is 1. The molecule has 0 bridgehead atoms. The molecule has 0 spiro atoms. The fraction of sp³-hybridized carbons (Fsp3) is 0.400. The first-order chi connectivity index (χ1) is 13.7. The van der Waals surface area contributed by atoms with Gasteiger partial charge in [0.1, 0.15) is 11.4 Å². The van der Waals surface area contributed by atoms with Crippen LogP contribution in [0.2, 0.25) is 5.02 Å². The molecule has 0 radical (unpaired) electrons. The Morgan fingerprint density at radius 1 is 1.24 bits per heavy atom. The van der Waals surface area contributed by atoms with Crippen LogP contribution in [0.4, 0.5) is 5.69 Å². The van der Waals surface area contributed by atoms with Gasteiger partial charge in [-0.3, -0.25) is 9.59 Å². The molecule has 3 rings (SSSR count). The molecular formula is C20H24ClN3O4S. The number of carbonyl (C=O) groups excluding carboxylic acids is 1. The standard InChI is InChI=1S/C20H24ClN3O4S/c1-14-7-10-24(11-8-14)29(27,28)18-4-3-9-23(20(18)26)13-19(25)22-17-12-16(21)6-5-15(17)2/h3-6,9,12,14H,7-8,10-11,13H2,1-2H3,(H,22,25). The van der Waals surface area contributed by atoms with E-state index in [4.69, 9.17) is 11.6 Å². The van der Waals surface area contributed by atoms with Gasteiger partial charge in [-0.25, -0.2) is 8.42 Å². The molecule has 1 fully saturated rings. The number of amides is 1. The monoisotopic (exact) mass is 437 g/mol. The molecule has 9 heteroatoms. The summed E-state index contributed by atoms with van der Waals surface area (Å²) in [4.78, 5) is 24.9. The highest BCUT2D eigenvalue weighted by molar-refractivity contribution is 7.89. The first-order valence-corrected chi connectivity index (χ1v) is 11.3. The first-order valence-electron chi connectivity index (χ1n) is 9.44. The van der Waals surface area contributed by atoms with E-state index in [0.29, 0.717) is 29.7 Å². The van der Waals surface area contributed by atoms with Gasteiger partial charge in [0, 0.05) is 30.0 Å². The van der Waals surface area contributed by atoms with E-state index in [9.17, 15) is 18.0 Å². The maximum atomic E-state index is 12.9. The average molecular weight is 438 g/mol. The average Bonchev–Trinajstić information content (AvgIpc) is 2.66. The number of hydrogen-bond acceptors (Lipinski definition) is 4. The van der Waals surface area contributed by atoms with E-state index in [1.807, 2.05) is 6.92 Å². The van der Waals surface area contributed by atoms with Crippen LogP contribution in [-0.4, -0.2) is 36.3 Å². The predicted molar refractivity (Wildman–Crippen MR) is 113 cm³/mol. The van der Waals surface area contributed by atoms with Crippen LogP contribution in [0.25, 0.3) is 0 Å². The van der Waals surface area contributed by atoms with Crippen molar-refractivity contribution in [1.29, 1.82) is 0 Å². The van der Waals surface area contributed by atoms with Crippen molar-refractivity contribution in [2.45, 2.75) is 38.1 Å². The molecule has 0 atom stereocenters. The zero-order valence-corrected chi connectivity index (χ0v) is 18.0. The van der Waals surface area contributed by atoms with Crippen LogP contribution >= 0.6 is 11.6 Å². The number of halogens is 1. The summed E-state index contributed by atoms with van der Waals surface area (Å²) in [5.41, 5.74) is 0.664. The van der Waals surface area contributed by atoms with Gasteiger partial charge in [-0.1, -0.05) is 24.6 Å². The number of piperidine rings is 1. The van der Waals surface area contributed by atoms with Gasteiger partial charge in [0.05, 0.1) is 0 Å². The van der Waals surface area contributed by atoms with Gasteiger partial charge in [0.25, 0.3) is 5.56 Å². The number of nitrogens with one attached hydrogen (secondary N) is 1. The van der Waals surface area contributed by atoms with Crippen LogP contribution in [-0.2, 0) is 21.4 Å². The summed E-state index contributed by atoms with van der Waals surface area (Å²) in [6.45, 7) is 4.40. The summed E-state index contributed by atoms with van der Waals surface area (Å²) in [6.07, 6.45) is 2.94. The molecule has 29 heavy (non-hydrogen) atoms. The summed E-state index contributed by atoms with van der Waals surface area (Å²) in [5.74, 6) is 0.0198. The van der Waals surface area contributed by atoms with Crippen molar-refractivity contribution in [1.82, 2.24) is 8.87 Å². The lowest BCUT2D eigenvalue weighted by atomic mass is 10.0. The maximum absolute atomic E-state index is 12.9. The Labute approximate surface area is 175 Å². The van der Waals surface area contributed by atoms with Crippen LogP contribution in [0.15, 0.2) is 46.2 Å². The van der Waals surface area contributed by atoms with E-state index in [0.717, 1.165) is 23.0 Å². The second-order valence-electron chi connectivity index (χ2n) is 7.40. The number of benzene rings is 1. The van der Waals surface area contributed by atoms with Crippen LogP contribution < -0.4 is 10.9 Å². The van der Waals surface area contributed by atoms with E-state index in [1.165, 1.54) is 22.6 Å². The Kier molecular flexibility index (Phi) is 6.45. The molecule has 156 valence electrons. The molecule has 1 aromatic carbocycles. The van der Waals surface area contributed by atoms with Gasteiger partial charge >= 0.3 is 0 Å². The van der Waals surface area contributed by atoms with E-state index in [1.54, 1.807) is 18.2 Å². The van der Waals surface area contributed by atoms with Crippen molar-refractivity contribution in [2.75, 3.05) is 18.4 Å². The predicted octanol–water partition coefficient (Wildman–Crippen LogP) is 2.87. The molecule has 7 nitrogen and oxygen atoms in total. The molecule has 1 saturated heterocycles.